The molecule has 0 bridgehead atoms. The van der Waals surface area contributed by atoms with E-state index in [2.05, 4.69) is 30.3 Å². The minimum Gasteiger partial charge on any atom is -0.494 e. The summed E-state index contributed by atoms with van der Waals surface area (Å²) in [4.78, 5) is 0. The molecule has 0 aliphatic heterocycles. The number of fused-ring (bicyclic) bond motifs is 1. The lowest BCUT2D eigenvalue weighted by Gasteiger charge is -2.17. The first-order valence-electron chi connectivity index (χ1n) is 7.25. The van der Waals surface area contributed by atoms with E-state index in [1.807, 2.05) is 43.3 Å². The van der Waals surface area contributed by atoms with Gasteiger partial charge in [0.1, 0.15) is 5.75 Å². The molecule has 0 spiro atoms. The van der Waals surface area contributed by atoms with Crippen molar-refractivity contribution in [1.29, 1.82) is 0 Å². The quantitative estimate of drug-likeness (QED) is 0.772. The molecule has 0 aliphatic carbocycles. The Morgan fingerprint density at radius 3 is 2.43 bits per heavy atom. The number of nitrogens with two attached hydrogens (primary N) is 1. The van der Waals surface area contributed by atoms with Crippen LogP contribution in [0.25, 0.3) is 10.8 Å². The Morgan fingerprint density at radius 2 is 1.62 bits per heavy atom. The van der Waals surface area contributed by atoms with Gasteiger partial charge < -0.3 is 10.5 Å². The number of rotatable bonds is 4. The van der Waals surface area contributed by atoms with Crippen LogP contribution < -0.4 is 10.5 Å². The highest BCUT2D eigenvalue weighted by atomic mass is 16.5. The summed E-state index contributed by atoms with van der Waals surface area (Å²) in [5.41, 5.74) is 8.58. The number of para-hydroxylation sites is 1. The summed E-state index contributed by atoms with van der Waals surface area (Å²) in [7, 11) is 0. The van der Waals surface area contributed by atoms with Crippen molar-refractivity contribution < 1.29 is 4.74 Å². The second-order valence-corrected chi connectivity index (χ2v) is 5.06. The van der Waals surface area contributed by atoms with Crippen molar-refractivity contribution >= 4 is 10.8 Å². The monoisotopic (exact) mass is 277 g/mol. The molecule has 3 rings (SSSR count). The lowest BCUT2D eigenvalue weighted by atomic mass is 9.96. The molecule has 1 unspecified atom stereocenters. The van der Waals surface area contributed by atoms with Crippen molar-refractivity contribution in [3.8, 4) is 5.75 Å². The smallest absolute Gasteiger partial charge is 0.124 e. The van der Waals surface area contributed by atoms with E-state index in [-0.39, 0.29) is 6.04 Å². The average molecular weight is 277 g/mol. The Hall–Kier alpha value is -2.32. The normalized spacial score (nSPS) is 12.3. The standard InChI is InChI=1S/C19H19NO/c1-2-21-18-10-6-5-9-17(18)19(20)16-12-11-14-7-3-4-8-15(14)13-16/h3-13,19H,2,20H2,1H3. The molecule has 2 heteroatoms. The Bertz CT molecular complexity index is 751. The lowest BCUT2D eigenvalue weighted by Crippen LogP contribution is -2.13. The summed E-state index contributed by atoms with van der Waals surface area (Å²) >= 11 is 0. The highest BCUT2D eigenvalue weighted by molar-refractivity contribution is 5.83. The number of hydrogen-bond donors (Lipinski definition) is 1. The van der Waals surface area contributed by atoms with Crippen LogP contribution in [-0.4, -0.2) is 6.61 Å². The fourth-order valence-corrected chi connectivity index (χ4v) is 2.61. The second-order valence-electron chi connectivity index (χ2n) is 5.06. The molecule has 2 nitrogen and oxygen atoms in total. The van der Waals surface area contributed by atoms with Crippen LogP contribution in [0, 0.1) is 0 Å². The molecule has 21 heavy (non-hydrogen) atoms. The van der Waals surface area contributed by atoms with Gasteiger partial charge in [0, 0.05) is 5.56 Å². The predicted molar refractivity (Wildman–Crippen MR) is 87.6 cm³/mol. The summed E-state index contributed by atoms with van der Waals surface area (Å²) in [6, 6.07) is 22.5. The molecule has 2 N–H and O–H groups in total. The highest BCUT2D eigenvalue weighted by Gasteiger charge is 2.14. The van der Waals surface area contributed by atoms with E-state index in [0.29, 0.717) is 6.61 Å². The lowest BCUT2D eigenvalue weighted by molar-refractivity contribution is 0.335. The van der Waals surface area contributed by atoms with Gasteiger partial charge in [-0.3, -0.25) is 0 Å². The van der Waals surface area contributed by atoms with E-state index >= 15 is 0 Å². The largest absolute Gasteiger partial charge is 0.494 e. The van der Waals surface area contributed by atoms with Crippen LogP contribution >= 0.6 is 0 Å². The van der Waals surface area contributed by atoms with Gasteiger partial charge in [-0.1, -0.05) is 54.6 Å². The fourth-order valence-electron chi connectivity index (χ4n) is 2.61. The molecule has 0 amide bonds. The molecule has 1 atom stereocenters. The maximum absolute atomic E-state index is 6.46. The van der Waals surface area contributed by atoms with Gasteiger partial charge in [-0.05, 0) is 35.4 Å². The van der Waals surface area contributed by atoms with Crippen LogP contribution in [0.15, 0.2) is 66.7 Å². The van der Waals surface area contributed by atoms with Gasteiger partial charge in [0.25, 0.3) is 0 Å². The zero-order valence-corrected chi connectivity index (χ0v) is 12.1. The van der Waals surface area contributed by atoms with Crippen LogP contribution in [0.2, 0.25) is 0 Å². The SMILES string of the molecule is CCOc1ccccc1C(N)c1ccc2ccccc2c1. The highest BCUT2D eigenvalue weighted by Crippen LogP contribution is 2.29. The third-order valence-electron chi connectivity index (χ3n) is 3.69. The zero-order chi connectivity index (χ0) is 14.7. The molecular weight excluding hydrogens is 258 g/mol. The van der Waals surface area contributed by atoms with Crippen LogP contribution in [0.5, 0.6) is 5.75 Å². The summed E-state index contributed by atoms with van der Waals surface area (Å²) in [6.07, 6.45) is 0. The zero-order valence-electron chi connectivity index (χ0n) is 12.1. The van der Waals surface area contributed by atoms with Crippen molar-refractivity contribution in [2.45, 2.75) is 13.0 Å². The Balaban J connectivity index is 2.02. The van der Waals surface area contributed by atoms with Gasteiger partial charge in [0.15, 0.2) is 0 Å². The van der Waals surface area contributed by atoms with Gasteiger partial charge in [-0.2, -0.15) is 0 Å². The van der Waals surface area contributed by atoms with Crippen LogP contribution in [0.4, 0.5) is 0 Å². The summed E-state index contributed by atoms with van der Waals surface area (Å²) in [5.74, 6) is 0.862. The van der Waals surface area contributed by atoms with E-state index < -0.39 is 0 Å². The minimum absolute atomic E-state index is 0.183. The van der Waals surface area contributed by atoms with E-state index in [1.54, 1.807) is 0 Å². The van der Waals surface area contributed by atoms with Gasteiger partial charge in [-0.15, -0.1) is 0 Å². The van der Waals surface area contributed by atoms with E-state index in [4.69, 9.17) is 10.5 Å². The third kappa shape index (κ3) is 2.76. The van der Waals surface area contributed by atoms with Gasteiger partial charge >= 0.3 is 0 Å². The van der Waals surface area contributed by atoms with Crippen LogP contribution in [0.1, 0.15) is 24.1 Å². The molecule has 0 fully saturated rings. The van der Waals surface area contributed by atoms with Gasteiger partial charge in [0.05, 0.1) is 12.6 Å². The summed E-state index contributed by atoms with van der Waals surface area (Å²) < 4.78 is 5.69. The Kier molecular flexibility index (Phi) is 3.89. The average Bonchev–Trinajstić information content (AvgIpc) is 2.54. The topological polar surface area (TPSA) is 35.2 Å². The van der Waals surface area contributed by atoms with Gasteiger partial charge in [0.2, 0.25) is 0 Å². The molecule has 0 aromatic heterocycles. The molecule has 0 radical (unpaired) electrons. The molecule has 106 valence electrons. The molecule has 0 aliphatic rings. The number of hydrogen-bond acceptors (Lipinski definition) is 2. The first-order valence-corrected chi connectivity index (χ1v) is 7.25. The molecule has 0 saturated heterocycles. The van der Waals surface area contributed by atoms with E-state index in [0.717, 1.165) is 16.9 Å². The predicted octanol–water partition coefficient (Wildman–Crippen LogP) is 4.29. The summed E-state index contributed by atoms with van der Waals surface area (Å²) in [6.45, 7) is 2.62. The molecule has 0 heterocycles. The van der Waals surface area contributed by atoms with Crippen LogP contribution in [-0.2, 0) is 0 Å². The molecular formula is C19H19NO. The fraction of sp³-hybridized carbons (Fsp3) is 0.158. The third-order valence-corrected chi connectivity index (χ3v) is 3.69. The minimum atomic E-state index is -0.183. The molecule has 3 aromatic carbocycles. The molecule has 0 saturated carbocycles. The van der Waals surface area contributed by atoms with Crippen LogP contribution in [0.3, 0.4) is 0 Å². The van der Waals surface area contributed by atoms with Crippen molar-refractivity contribution in [2.24, 2.45) is 5.73 Å². The molecule has 3 aromatic rings. The second kappa shape index (κ2) is 5.98. The Labute approximate surface area is 125 Å². The van der Waals surface area contributed by atoms with Crippen molar-refractivity contribution in [2.75, 3.05) is 6.61 Å². The number of ether oxygens (including phenoxy) is 1. The maximum atomic E-state index is 6.46. The first kappa shape index (κ1) is 13.7. The van der Waals surface area contributed by atoms with E-state index in [9.17, 15) is 0 Å². The summed E-state index contributed by atoms with van der Waals surface area (Å²) in [5, 5.41) is 2.44. The Morgan fingerprint density at radius 1 is 0.905 bits per heavy atom. The first-order chi connectivity index (χ1) is 10.3. The van der Waals surface area contributed by atoms with Crippen molar-refractivity contribution in [3.63, 3.8) is 0 Å². The van der Waals surface area contributed by atoms with Gasteiger partial charge in [-0.25, -0.2) is 0 Å². The van der Waals surface area contributed by atoms with Crippen molar-refractivity contribution in [1.82, 2.24) is 0 Å². The van der Waals surface area contributed by atoms with Crippen molar-refractivity contribution in [3.05, 3.63) is 77.9 Å². The number of benzene rings is 3. The van der Waals surface area contributed by atoms with E-state index in [1.165, 1.54) is 10.8 Å². The maximum Gasteiger partial charge on any atom is 0.124 e.